The third kappa shape index (κ3) is 6.83. The predicted octanol–water partition coefficient (Wildman–Crippen LogP) is 2.65. The largest absolute Gasteiger partial charge is 0.484 e. The molecule has 0 radical (unpaired) electrons. The number of ether oxygens (including phenoxy) is 3. The third-order valence-electron chi connectivity index (χ3n) is 6.54. The van der Waals surface area contributed by atoms with Gasteiger partial charge in [-0.3, -0.25) is 19.1 Å². The molecule has 2 heterocycles. The molecule has 1 atom stereocenters. The summed E-state index contributed by atoms with van der Waals surface area (Å²) in [5.41, 5.74) is -2.89. The van der Waals surface area contributed by atoms with Crippen LogP contribution in [-0.2, 0) is 26.1 Å². The number of benzene rings is 1. The van der Waals surface area contributed by atoms with Crippen LogP contribution in [0.3, 0.4) is 0 Å². The highest BCUT2D eigenvalue weighted by atomic mass is 32.2. The first-order valence-corrected chi connectivity index (χ1v) is 14.6. The molecule has 232 valence electrons. The summed E-state index contributed by atoms with van der Waals surface area (Å²) in [5.74, 6) is -0.416. The van der Waals surface area contributed by atoms with Crippen molar-refractivity contribution in [2.45, 2.75) is 62.9 Å². The van der Waals surface area contributed by atoms with Crippen molar-refractivity contribution < 1.29 is 50.5 Å². The number of nitrogens with zero attached hydrogens (tertiary/aromatic N) is 3. The van der Waals surface area contributed by atoms with E-state index in [0.717, 1.165) is 17.1 Å². The maximum Gasteiger partial charge on any atom is 0.427 e. The number of carbonyl (C=O) groups is 2. The normalized spacial score (nSPS) is 17.2. The van der Waals surface area contributed by atoms with E-state index in [1.54, 1.807) is 6.92 Å². The number of halogens is 3. The Balaban J connectivity index is 1.67. The zero-order chi connectivity index (χ0) is 30.9. The van der Waals surface area contributed by atoms with Gasteiger partial charge in [-0.15, -0.1) is 5.10 Å². The number of rotatable bonds is 11. The molecule has 1 aliphatic carbocycles. The fourth-order valence-electron chi connectivity index (χ4n) is 3.95. The van der Waals surface area contributed by atoms with Gasteiger partial charge >= 0.3 is 12.3 Å². The summed E-state index contributed by atoms with van der Waals surface area (Å²) in [6, 6.07) is 3.86. The second kappa shape index (κ2) is 11.9. The molecule has 42 heavy (non-hydrogen) atoms. The minimum absolute atomic E-state index is 0.00172. The number of alkyl halides is 3. The number of aliphatic hydroxyl groups excluding tert-OH is 1. The van der Waals surface area contributed by atoms with Gasteiger partial charge in [0.05, 0.1) is 25.4 Å². The molecule has 17 heteroatoms. The number of sulfonamides is 1. The van der Waals surface area contributed by atoms with Crippen molar-refractivity contribution in [1.29, 1.82) is 0 Å². The lowest BCUT2D eigenvalue weighted by molar-refractivity contribution is -0.242. The maximum absolute atomic E-state index is 14.0. The number of carbonyl (C=O) groups excluding carboxylic acids is 2. The van der Waals surface area contributed by atoms with Crippen LogP contribution in [-0.4, -0.2) is 79.5 Å². The lowest BCUT2D eigenvalue weighted by Crippen LogP contribution is -2.48. The molecule has 1 aromatic heterocycles. The van der Waals surface area contributed by atoms with Gasteiger partial charge in [-0.25, -0.2) is 13.2 Å². The predicted molar refractivity (Wildman–Crippen MR) is 142 cm³/mol. The molecule has 2 aliphatic rings. The number of hydrogen-bond acceptors (Lipinski definition) is 9. The summed E-state index contributed by atoms with van der Waals surface area (Å²) >= 11 is 0. The number of aryl methyl sites for hydroxylation is 1. The molecule has 0 spiro atoms. The summed E-state index contributed by atoms with van der Waals surface area (Å²) < 4.78 is 85.9. The molecule has 1 fully saturated rings. The van der Waals surface area contributed by atoms with E-state index in [-0.39, 0.29) is 59.4 Å². The minimum Gasteiger partial charge on any atom is -0.484 e. The van der Waals surface area contributed by atoms with Gasteiger partial charge in [0.15, 0.2) is 4.90 Å². The van der Waals surface area contributed by atoms with E-state index in [1.165, 1.54) is 29.1 Å². The van der Waals surface area contributed by atoms with Crippen molar-refractivity contribution in [2.24, 2.45) is 5.92 Å². The topological polar surface area (TPSA) is 161 Å². The van der Waals surface area contributed by atoms with Gasteiger partial charge < -0.3 is 24.6 Å². The van der Waals surface area contributed by atoms with Gasteiger partial charge in [0.2, 0.25) is 11.5 Å². The SMILES string of the molecule is CCn1cc(S(=O)(=O)N2C[C@H](CNC(=O)C3CC3)Oc3ccc(NC(=O)OC(C)(C)C(F)(F)F)cc32)c(OCCO)n1. The van der Waals surface area contributed by atoms with Gasteiger partial charge in [0, 0.05) is 24.3 Å². The quantitative estimate of drug-likeness (QED) is 0.343. The van der Waals surface area contributed by atoms with Crippen molar-refractivity contribution in [3.63, 3.8) is 0 Å². The first-order chi connectivity index (χ1) is 19.7. The second-order valence-corrected chi connectivity index (χ2v) is 12.1. The lowest BCUT2D eigenvalue weighted by atomic mass is 10.1. The van der Waals surface area contributed by atoms with Crippen LogP contribution in [0.2, 0.25) is 0 Å². The molecule has 13 nitrogen and oxygen atoms in total. The first-order valence-electron chi connectivity index (χ1n) is 13.1. The fourth-order valence-corrected chi connectivity index (χ4v) is 5.52. The van der Waals surface area contributed by atoms with E-state index in [1.807, 2.05) is 0 Å². The zero-order valence-corrected chi connectivity index (χ0v) is 23.9. The molecule has 1 saturated carbocycles. The van der Waals surface area contributed by atoms with Gasteiger partial charge in [-0.2, -0.15) is 13.2 Å². The van der Waals surface area contributed by atoms with Crippen LogP contribution < -0.4 is 24.4 Å². The third-order valence-corrected chi connectivity index (χ3v) is 8.30. The van der Waals surface area contributed by atoms with E-state index < -0.39 is 40.6 Å². The Bertz CT molecular complexity index is 1430. The molecule has 0 bridgehead atoms. The second-order valence-electron chi connectivity index (χ2n) is 10.2. The van der Waals surface area contributed by atoms with Gasteiger partial charge in [-0.05, 0) is 51.8 Å². The molecule has 0 unspecified atom stereocenters. The first kappa shape index (κ1) is 31.2. The van der Waals surface area contributed by atoms with Crippen molar-refractivity contribution in [2.75, 3.05) is 35.9 Å². The highest BCUT2D eigenvalue weighted by molar-refractivity contribution is 7.93. The molecule has 4 rings (SSSR count). The van der Waals surface area contributed by atoms with Crippen LogP contribution >= 0.6 is 0 Å². The van der Waals surface area contributed by atoms with Gasteiger partial charge in [-0.1, -0.05) is 0 Å². The van der Waals surface area contributed by atoms with Crippen molar-refractivity contribution in [3.05, 3.63) is 24.4 Å². The van der Waals surface area contributed by atoms with Crippen LogP contribution in [0, 0.1) is 5.92 Å². The van der Waals surface area contributed by atoms with E-state index >= 15 is 0 Å². The molecular weight excluding hydrogens is 587 g/mol. The van der Waals surface area contributed by atoms with Crippen LogP contribution in [0.1, 0.15) is 33.6 Å². The number of aromatic nitrogens is 2. The number of amides is 2. The summed E-state index contributed by atoms with van der Waals surface area (Å²) in [6.07, 6.45) is -4.24. The summed E-state index contributed by atoms with van der Waals surface area (Å²) in [5, 5.41) is 18.3. The number of anilines is 2. The lowest BCUT2D eigenvalue weighted by Gasteiger charge is -2.35. The standard InChI is InChI=1S/C25H32F3N5O8S/c1-4-32-14-20(22(31-32)39-10-9-34)42(37,38)33-13-17(12-29-21(35)15-5-6-15)40-19-8-7-16(11-18(19)33)30-23(36)41-24(2,3)25(26,27)28/h7-8,11,14-15,17,34H,4-6,9-10,12-13H2,1-3H3,(H,29,35)(H,30,36)/t17-/m0/s1. The molecule has 3 N–H and O–H groups in total. The van der Waals surface area contributed by atoms with Gasteiger partial charge in [0.1, 0.15) is 18.5 Å². The fraction of sp³-hybridized carbons (Fsp3) is 0.560. The van der Waals surface area contributed by atoms with E-state index in [9.17, 15) is 36.3 Å². The highest BCUT2D eigenvalue weighted by Gasteiger charge is 2.51. The van der Waals surface area contributed by atoms with Crippen LogP contribution in [0.4, 0.5) is 29.3 Å². The van der Waals surface area contributed by atoms with Crippen LogP contribution in [0.25, 0.3) is 0 Å². The Kier molecular flexibility index (Phi) is 8.82. The summed E-state index contributed by atoms with van der Waals surface area (Å²) in [4.78, 5) is 24.2. The highest BCUT2D eigenvalue weighted by Crippen LogP contribution is 2.41. The monoisotopic (exact) mass is 619 g/mol. The van der Waals surface area contributed by atoms with Crippen molar-refractivity contribution >= 4 is 33.4 Å². The van der Waals surface area contributed by atoms with Crippen molar-refractivity contribution in [1.82, 2.24) is 15.1 Å². The average molecular weight is 620 g/mol. The Morgan fingerprint density at radius 3 is 2.57 bits per heavy atom. The number of aliphatic hydroxyl groups is 1. The number of hydrogen-bond donors (Lipinski definition) is 3. The summed E-state index contributed by atoms with van der Waals surface area (Å²) in [6.45, 7) is 2.55. The maximum atomic E-state index is 14.0. The van der Waals surface area contributed by atoms with Crippen LogP contribution in [0.5, 0.6) is 11.6 Å². The minimum atomic E-state index is -4.83. The zero-order valence-electron chi connectivity index (χ0n) is 23.1. The molecule has 1 aliphatic heterocycles. The Morgan fingerprint density at radius 2 is 1.95 bits per heavy atom. The Labute approximate surface area is 239 Å². The molecular formula is C25H32F3N5O8S. The number of fused-ring (bicyclic) bond motifs is 1. The average Bonchev–Trinajstić information content (AvgIpc) is 3.68. The Morgan fingerprint density at radius 1 is 1.24 bits per heavy atom. The molecule has 0 saturated heterocycles. The van der Waals surface area contributed by atoms with E-state index in [2.05, 4.69) is 20.5 Å². The van der Waals surface area contributed by atoms with Gasteiger partial charge in [0.25, 0.3) is 15.9 Å². The molecule has 2 aromatic rings. The summed E-state index contributed by atoms with van der Waals surface area (Å²) in [7, 11) is -4.44. The smallest absolute Gasteiger partial charge is 0.427 e. The van der Waals surface area contributed by atoms with Crippen molar-refractivity contribution in [3.8, 4) is 11.6 Å². The molecule has 1 aromatic carbocycles. The van der Waals surface area contributed by atoms with Crippen LogP contribution in [0.15, 0.2) is 29.3 Å². The number of nitrogens with one attached hydrogen (secondary N) is 2. The van der Waals surface area contributed by atoms with E-state index in [4.69, 9.17) is 9.47 Å². The Hall–Kier alpha value is -3.73. The molecule has 2 amide bonds. The van der Waals surface area contributed by atoms with E-state index in [0.29, 0.717) is 20.4 Å².